The van der Waals surface area contributed by atoms with Crippen molar-refractivity contribution in [3.8, 4) is 0 Å². The van der Waals surface area contributed by atoms with Gasteiger partial charge in [0.2, 0.25) is 0 Å². The Morgan fingerprint density at radius 3 is 2.73 bits per heavy atom. The lowest BCUT2D eigenvalue weighted by molar-refractivity contribution is -0.132. The third-order valence-corrected chi connectivity index (χ3v) is 2.95. The molecule has 0 aliphatic rings. The second-order valence-corrected chi connectivity index (χ2v) is 4.59. The van der Waals surface area contributed by atoms with E-state index in [1.54, 1.807) is 0 Å². The van der Waals surface area contributed by atoms with E-state index in [0.29, 0.717) is 18.9 Å². The largest absolute Gasteiger partial charge is 0.390 e. The first kappa shape index (κ1) is 16.1. The van der Waals surface area contributed by atoms with Gasteiger partial charge < -0.3 is 10.6 Å². The Bertz CT molecular complexity index is 634. The number of rotatable bonds is 5. The molecular weight excluding hydrogens is 297 g/mol. The molecule has 0 saturated heterocycles. The molecule has 2 rings (SSSR count). The molecular formula is C13H17F3N6. The molecule has 0 radical (unpaired) electrons. The third-order valence-electron chi connectivity index (χ3n) is 2.95. The highest BCUT2D eigenvalue weighted by molar-refractivity contribution is 5.79. The van der Waals surface area contributed by atoms with E-state index >= 15 is 0 Å². The minimum atomic E-state index is -4.17. The number of nitrogens with one attached hydrogen (secondary N) is 2. The normalized spacial score (nSPS) is 12.6. The fourth-order valence-corrected chi connectivity index (χ4v) is 1.90. The van der Waals surface area contributed by atoms with Gasteiger partial charge in [0.25, 0.3) is 0 Å². The molecule has 22 heavy (non-hydrogen) atoms. The Morgan fingerprint density at radius 2 is 2.00 bits per heavy atom. The highest BCUT2D eigenvalue weighted by atomic mass is 19.4. The van der Waals surface area contributed by atoms with Crippen LogP contribution in [0.25, 0.3) is 5.65 Å². The van der Waals surface area contributed by atoms with Crippen LogP contribution in [0.5, 0.6) is 0 Å². The maximum atomic E-state index is 12.1. The van der Waals surface area contributed by atoms with E-state index in [4.69, 9.17) is 0 Å². The molecule has 0 unspecified atom stereocenters. The highest BCUT2D eigenvalue weighted by Gasteiger charge is 2.26. The van der Waals surface area contributed by atoms with Crippen LogP contribution < -0.4 is 10.6 Å². The van der Waals surface area contributed by atoms with Crippen LogP contribution in [-0.4, -0.2) is 46.9 Å². The summed E-state index contributed by atoms with van der Waals surface area (Å²) < 4.78 is 38.1. The maximum absolute atomic E-state index is 12.1. The summed E-state index contributed by atoms with van der Waals surface area (Å²) in [6.07, 6.45) is -2.64. The molecule has 0 saturated carbocycles. The van der Waals surface area contributed by atoms with Crippen LogP contribution in [0.3, 0.4) is 0 Å². The first-order valence-corrected chi connectivity index (χ1v) is 6.79. The minimum absolute atomic E-state index is 0.211. The average molecular weight is 314 g/mol. The lowest BCUT2D eigenvalue weighted by Crippen LogP contribution is -2.39. The average Bonchev–Trinajstić information content (AvgIpc) is 2.88. The number of pyridine rings is 1. The fourth-order valence-electron chi connectivity index (χ4n) is 1.90. The van der Waals surface area contributed by atoms with Crippen LogP contribution in [0.4, 0.5) is 13.2 Å². The van der Waals surface area contributed by atoms with Crippen LogP contribution in [0.2, 0.25) is 0 Å². The first-order chi connectivity index (χ1) is 10.5. The summed E-state index contributed by atoms with van der Waals surface area (Å²) in [5.41, 5.74) is 0.755. The fraction of sp³-hybridized carbons (Fsp3) is 0.462. The number of guanidine groups is 1. The van der Waals surface area contributed by atoms with Crippen molar-refractivity contribution in [3.63, 3.8) is 0 Å². The lowest BCUT2D eigenvalue weighted by atomic mass is 10.4. The number of aliphatic imine (C=N–C) groups is 1. The van der Waals surface area contributed by atoms with Gasteiger partial charge >= 0.3 is 6.18 Å². The Morgan fingerprint density at radius 1 is 1.23 bits per heavy atom. The topological polar surface area (TPSA) is 66.6 Å². The van der Waals surface area contributed by atoms with E-state index in [1.165, 1.54) is 7.05 Å². The Balaban J connectivity index is 1.79. The van der Waals surface area contributed by atoms with Gasteiger partial charge in [-0.25, -0.2) is 0 Å². The van der Waals surface area contributed by atoms with Gasteiger partial charge in [-0.15, -0.1) is 10.2 Å². The summed E-state index contributed by atoms with van der Waals surface area (Å²) in [6, 6.07) is 5.60. The molecule has 0 fully saturated rings. The van der Waals surface area contributed by atoms with Gasteiger partial charge in [0.05, 0.1) is 6.42 Å². The zero-order chi connectivity index (χ0) is 16.0. The second-order valence-electron chi connectivity index (χ2n) is 4.59. The molecule has 2 N–H and O–H groups in total. The van der Waals surface area contributed by atoms with Crippen molar-refractivity contribution in [1.29, 1.82) is 0 Å². The van der Waals surface area contributed by atoms with Gasteiger partial charge in [0.1, 0.15) is 5.82 Å². The van der Waals surface area contributed by atoms with E-state index in [2.05, 4.69) is 25.8 Å². The van der Waals surface area contributed by atoms with E-state index in [1.807, 2.05) is 28.8 Å². The van der Waals surface area contributed by atoms with Crippen LogP contribution in [0.15, 0.2) is 29.4 Å². The highest BCUT2D eigenvalue weighted by Crippen LogP contribution is 2.17. The number of hydrogen-bond donors (Lipinski definition) is 2. The molecule has 120 valence electrons. The molecule has 0 bridgehead atoms. The summed E-state index contributed by atoms with van der Waals surface area (Å²) in [4.78, 5) is 3.87. The molecule has 0 aromatic carbocycles. The summed E-state index contributed by atoms with van der Waals surface area (Å²) in [7, 11) is 1.51. The quantitative estimate of drug-likeness (QED) is 0.646. The Labute approximate surface area is 125 Å². The first-order valence-electron chi connectivity index (χ1n) is 6.79. The standard InChI is InChI=1S/C13H17F3N6/c1-17-12(19-8-6-13(14,15)16)18-7-5-11-21-20-10-4-2-3-9-22(10)11/h2-4,9H,5-8H2,1H3,(H2,17,18,19). The van der Waals surface area contributed by atoms with Gasteiger partial charge in [-0.3, -0.25) is 9.39 Å². The van der Waals surface area contributed by atoms with Crippen LogP contribution in [-0.2, 0) is 6.42 Å². The summed E-state index contributed by atoms with van der Waals surface area (Å²) in [6.45, 7) is 0.276. The molecule has 2 heterocycles. The lowest BCUT2D eigenvalue weighted by Gasteiger charge is -2.12. The monoisotopic (exact) mass is 314 g/mol. The van der Waals surface area contributed by atoms with E-state index in [-0.39, 0.29) is 6.54 Å². The number of halogens is 3. The van der Waals surface area contributed by atoms with Gasteiger partial charge in [0.15, 0.2) is 11.6 Å². The predicted molar refractivity (Wildman–Crippen MR) is 76.7 cm³/mol. The van der Waals surface area contributed by atoms with Crippen molar-refractivity contribution in [2.24, 2.45) is 4.99 Å². The number of aromatic nitrogens is 3. The minimum Gasteiger partial charge on any atom is -0.356 e. The summed E-state index contributed by atoms with van der Waals surface area (Å²) in [5.74, 6) is 1.10. The van der Waals surface area contributed by atoms with Gasteiger partial charge in [-0.2, -0.15) is 13.2 Å². The van der Waals surface area contributed by atoms with E-state index in [9.17, 15) is 13.2 Å². The maximum Gasteiger partial charge on any atom is 0.390 e. The molecule has 0 amide bonds. The Hall–Kier alpha value is -2.32. The molecule has 6 nitrogen and oxygen atoms in total. The summed E-state index contributed by atoms with van der Waals surface area (Å²) in [5, 5.41) is 13.7. The summed E-state index contributed by atoms with van der Waals surface area (Å²) >= 11 is 0. The number of hydrogen-bond acceptors (Lipinski definition) is 3. The van der Waals surface area contributed by atoms with Crippen molar-refractivity contribution >= 4 is 11.6 Å². The van der Waals surface area contributed by atoms with Gasteiger partial charge in [0, 0.05) is 32.8 Å². The van der Waals surface area contributed by atoms with Gasteiger partial charge in [-0.1, -0.05) is 6.07 Å². The van der Waals surface area contributed by atoms with Crippen molar-refractivity contribution < 1.29 is 13.2 Å². The second kappa shape index (κ2) is 7.10. The zero-order valence-electron chi connectivity index (χ0n) is 12.1. The molecule has 0 atom stereocenters. The van der Waals surface area contributed by atoms with E-state index < -0.39 is 12.6 Å². The predicted octanol–water partition coefficient (Wildman–Crippen LogP) is 1.39. The van der Waals surface area contributed by atoms with Crippen molar-refractivity contribution in [2.75, 3.05) is 20.1 Å². The van der Waals surface area contributed by atoms with Crippen LogP contribution in [0, 0.1) is 0 Å². The number of alkyl halides is 3. The molecule has 2 aromatic heterocycles. The van der Waals surface area contributed by atoms with Crippen molar-refractivity contribution in [2.45, 2.75) is 19.0 Å². The zero-order valence-corrected chi connectivity index (χ0v) is 12.1. The number of fused-ring (bicyclic) bond motifs is 1. The smallest absolute Gasteiger partial charge is 0.356 e. The molecule has 2 aromatic rings. The Kier molecular flexibility index (Phi) is 5.18. The van der Waals surface area contributed by atoms with Crippen molar-refractivity contribution in [1.82, 2.24) is 25.2 Å². The van der Waals surface area contributed by atoms with Crippen LogP contribution in [0.1, 0.15) is 12.2 Å². The third kappa shape index (κ3) is 4.61. The SMILES string of the molecule is CN=C(NCCc1nnc2ccccn12)NCCC(F)(F)F. The molecule has 0 spiro atoms. The van der Waals surface area contributed by atoms with E-state index in [0.717, 1.165) is 11.5 Å². The van der Waals surface area contributed by atoms with Gasteiger partial charge in [-0.05, 0) is 12.1 Å². The molecule has 9 heteroatoms. The molecule has 0 aliphatic carbocycles. The van der Waals surface area contributed by atoms with Crippen LogP contribution >= 0.6 is 0 Å². The molecule has 0 aliphatic heterocycles. The van der Waals surface area contributed by atoms with Crippen molar-refractivity contribution in [3.05, 3.63) is 30.2 Å². The number of nitrogens with zero attached hydrogens (tertiary/aromatic N) is 4.